The van der Waals surface area contributed by atoms with Gasteiger partial charge in [0, 0.05) is 24.6 Å². The van der Waals surface area contributed by atoms with E-state index in [-0.39, 0.29) is 5.91 Å². The van der Waals surface area contributed by atoms with Crippen molar-refractivity contribution < 1.29 is 9.21 Å². The Morgan fingerprint density at radius 2 is 2.04 bits per heavy atom. The van der Waals surface area contributed by atoms with Gasteiger partial charge in [-0.2, -0.15) is 0 Å². The number of likely N-dealkylation sites (tertiary alicyclic amines) is 1. The first-order valence-corrected chi connectivity index (χ1v) is 9.25. The monoisotopic (exact) mass is 353 g/mol. The first-order valence-electron chi connectivity index (χ1n) is 8.44. The number of hydrogen-bond acceptors (Lipinski definition) is 5. The third-order valence-electron chi connectivity index (χ3n) is 4.57. The smallest absolute Gasteiger partial charge is 0.253 e. The van der Waals surface area contributed by atoms with Crippen molar-refractivity contribution in [3.05, 3.63) is 58.8 Å². The summed E-state index contributed by atoms with van der Waals surface area (Å²) in [5.41, 5.74) is 1.88. The van der Waals surface area contributed by atoms with Gasteiger partial charge in [-0.25, -0.2) is 0 Å². The highest BCUT2D eigenvalue weighted by Crippen LogP contribution is 2.33. The van der Waals surface area contributed by atoms with Crippen molar-refractivity contribution in [1.82, 2.24) is 15.1 Å². The van der Waals surface area contributed by atoms with E-state index in [0.717, 1.165) is 52.8 Å². The molecule has 5 nitrogen and oxygen atoms in total. The van der Waals surface area contributed by atoms with Crippen LogP contribution in [0.1, 0.15) is 39.7 Å². The third-order valence-corrected chi connectivity index (χ3v) is 5.67. The second-order valence-electron chi connectivity index (χ2n) is 6.36. The lowest BCUT2D eigenvalue weighted by Gasteiger charge is -2.31. The van der Waals surface area contributed by atoms with Crippen molar-refractivity contribution in [3.63, 3.8) is 0 Å². The number of aromatic nitrogens is 2. The van der Waals surface area contributed by atoms with Gasteiger partial charge in [-0.15, -0.1) is 10.2 Å². The molecule has 0 saturated carbocycles. The fourth-order valence-electron chi connectivity index (χ4n) is 3.19. The van der Waals surface area contributed by atoms with Gasteiger partial charge in [-0.3, -0.25) is 4.79 Å². The Kier molecular flexibility index (Phi) is 4.36. The Balaban J connectivity index is 1.41. The molecule has 2 aromatic heterocycles. The number of carbonyl (C=O) groups excluding carboxylic acids is 1. The molecule has 3 heterocycles. The van der Waals surface area contributed by atoms with E-state index in [1.165, 1.54) is 0 Å². The molecule has 4 rings (SSSR count). The maximum Gasteiger partial charge on any atom is 0.253 e. The number of nitrogens with zero attached hydrogens (tertiary/aromatic N) is 3. The summed E-state index contributed by atoms with van der Waals surface area (Å²) < 4.78 is 5.38. The average molecular weight is 353 g/mol. The number of furan rings is 1. The molecule has 0 radical (unpaired) electrons. The molecule has 0 N–H and O–H groups in total. The minimum absolute atomic E-state index is 0.121. The van der Waals surface area contributed by atoms with Crippen LogP contribution in [0.3, 0.4) is 0 Å². The fourth-order valence-corrected chi connectivity index (χ4v) is 4.17. The van der Waals surface area contributed by atoms with Crippen molar-refractivity contribution in [2.45, 2.75) is 25.7 Å². The molecule has 0 bridgehead atoms. The van der Waals surface area contributed by atoms with Crippen LogP contribution in [0.15, 0.2) is 47.1 Å². The predicted octanol–water partition coefficient (Wildman–Crippen LogP) is 4.13. The molecule has 6 heteroatoms. The Labute approximate surface area is 150 Å². The summed E-state index contributed by atoms with van der Waals surface area (Å²) in [6, 6.07) is 11.5. The van der Waals surface area contributed by atoms with Crippen LogP contribution in [0.5, 0.6) is 0 Å². The van der Waals surface area contributed by atoms with Gasteiger partial charge in [0.2, 0.25) is 0 Å². The number of piperidine rings is 1. The summed E-state index contributed by atoms with van der Waals surface area (Å²) >= 11 is 1.59. The number of amides is 1. The molecule has 0 spiro atoms. The van der Waals surface area contributed by atoms with Gasteiger partial charge >= 0.3 is 0 Å². The van der Waals surface area contributed by atoms with Gasteiger partial charge in [0.15, 0.2) is 10.8 Å². The standard InChI is InChI=1S/C19H19N3O2S/c1-13-4-2-5-15(12-13)19(23)22-9-7-14(8-10-22)17-20-21-18(25-17)16-6-3-11-24-16/h2-6,11-12,14H,7-10H2,1H3. The molecule has 1 amide bonds. The van der Waals surface area contributed by atoms with Gasteiger partial charge < -0.3 is 9.32 Å². The molecular weight excluding hydrogens is 334 g/mol. The van der Waals surface area contributed by atoms with Crippen LogP contribution in [0.4, 0.5) is 0 Å². The predicted molar refractivity (Wildman–Crippen MR) is 96.7 cm³/mol. The van der Waals surface area contributed by atoms with Gasteiger partial charge in [0.05, 0.1) is 6.26 Å². The van der Waals surface area contributed by atoms with Gasteiger partial charge in [-0.05, 0) is 44.0 Å². The summed E-state index contributed by atoms with van der Waals surface area (Å²) in [5.74, 6) is 1.24. The SMILES string of the molecule is Cc1cccc(C(=O)N2CCC(c3nnc(-c4ccco4)s3)CC2)c1. The van der Waals surface area contributed by atoms with E-state index in [9.17, 15) is 4.79 Å². The molecule has 1 fully saturated rings. The zero-order chi connectivity index (χ0) is 17.2. The lowest BCUT2D eigenvalue weighted by molar-refractivity contribution is 0.0712. The van der Waals surface area contributed by atoms with E-state index in [4.69, 9.17) is 4.42 Å². The van der Waals surface area contributed by atoms with E-state index in [0.29, 0.717) is 5.92 Å². The second kappa shape index (κ2) is 6.80. The summed E-state index contributed by atoms with van der Waals surface area (Å²) in [5, 5.41) is 10.4. The number of benzene rings is 1. The zero-order valence-electron chi connectivity index (χ0n) is 14.0. The molecule has 3 aromatic rings. The molecule has 128 valence electrons. The quantitative estimate of drug-likeness (QED) is 0.710. The van der Waals surface area contributed by atoms with E-state index in [2.05, 4.69) is 10.2 Å². The first kappa shape index (κ1) is 16.0. The molecule has 1 aliphatic heterocycles. The Morgan fingerprint density at radius 1 is 1.20 bits per heavy atom. The van der Waals surface area contributed by atoms with Crippen molar-refractivity contribution in [2.24, 2.45) is 0 Å². The van der Waals surface area contributed by atoms with E-state index < -0.39 is 0 Å². The molecule has 1 aromatic carbocycles. The summed E-state index contributed by atoms with van der Waals surface area (Å²) in [6.45, 7) is 3.52. The topological polar surface area (TPSA) is 59.2 Å². The van der Waals surface area contributed by atoms with Crippen LogP contribution in [-0.4, -0.2) is 34.1 Å². The highest BCUT2D eigenvalue weighted by molar-refractivity contribution is 7.14. The molecule has 0 aliphatic carbocycles. The zero-order valence-corrected chi connectivity index (χ0v) is 14.8. The number of hydrogen-bond donors (Lipinski definition) is 0. The second-order valence-corrected chi connectivity index (χ2v) is 7.37. The minimum atomic E-state index is 0.121. The maximum absolute atomic E-state index is 12.6. The van der Waals surface area contributed by atoms with Crippen LogP contribution in [0.25, 0.3) is 10.8 Å². The van der Waals surface area contributed by atoms with E-state index in [1.54, 1.807) is 17.6 Å². The van der Waals surface area contributed by atoms with Crippen LogP contribution < -0.4 is 0 Å². The Morgan fingerprint density at radius 3 is 2.76 bits per heavy atom. The first-order chi connectivity index (χ1) is 12.2. The van der Waals surface area contributed by atoms with E-state index >= 15 is 0 Å². The minimum Gasteiger partial charge on any atom is -0.462 e. The van der Waals surface area contributed by atoms with Crippen molar-refractivity contribution in [1.29, 1.82) is 0 Å². The van der Waals surface area contributed by atoms with Crippen LogP contribution in [-0.2, 0) is 0 Å². The fraction of sp³-hybridized carbons (Fsp3) is 0.316. The molecule has 0 atom stereocenters. The highest BCUT2D eigenvalue weighted by Gasteiger charge is 2.27. The summed E-state index contributed by atoms with van der Waals surface area (Å²) in [4.78, 5) is 14.6. The summed E-state index contributed by atoms with van der Waals surface area (Å²) in [6.07, 6.45) is 3.49. The average Bonchev–Trinajstić information content (AvgIpc) is 3.32. The summed E-state index contributed by atoms with van der Waals surface area (Å²) in [7, 11) is 0. The number of rotatable bonds is 3. The molecule has 25 heavy (non-hydrogen) atoms. The number of carbonyl (C=O) groups is 1. The molecule has 0 unspecified atom stereocenters. The Bertz CT molecular complexity index is 864. The van der Waals surface area contributed by atoms with E-state index in [1.807, 2.05) is 48.2 Å². The van der Waals surface area contributed by atoms with Crippen LogP contribution in [0, 0.1) is 6.92 Å². The van der Waals surface area contributed by atoms with Gasteiger partial charge in [0.25, 0.3) is 5.91 Å². The highest BCUT2D eigenvalue weighted by atomic mass is 32.1. The lowest BCUT2D eigenvalue weighted by atomic mass is 9.97. The van der Waals surface area contributed by atoms with Crippen molar-refractivity contribution in [2.75, 3.05) is 13.1 Å². The molecule has 1 saturated heterocycles. The van der Waals surface area contributed by atoms with Crippen LogP contribution in [0.2, 0.25) is 0 Å². The number of aryl methyl sites for hydroxylation is 1. The van der Waals surface area contributed by atoms with Gasteiger partial charge in [0.1, 0.15) is 5.01 Å². The molecular formula is C19H19N3O2S. The van der Waals surface area contributed by atoms with Gasteiger partial charge in [-0.1, -0.05) is 29.0 Å². The largest absolute Gasteiger partial charge is 0.462 e. The lowest BCUT2D eigenvalue weighted by Crippen LogP contribution is -2.37. The van der Waals surface area contributed by atoms with Crippen LogP contribution >= 0.6 is 11.3 Å². The van der Waals surface area contributed by atoms with Crippen molar-refractivity contribution in [3.8, 4) is 10.8 Å². The normalized spacial score (nSPS) is 15.5. The van der Waals surface area contributed by atoms with Crippen molar-refractivity contribution >= 4 is 17.2 Å². The third kappa shape index (κ3) is 3.35. The maximum atomic E-state index is 12.6. The molecule has 1 aliphatic rings. The Hall–Kier alpha value is -2.47.